The molecule has 1 heterocycles. The predicted molar refractivity (Wildman–Crippen MR) is 117 cm³/mol. The smallest absolute Gasteiger partial charge is 0.290 e. The minimum absolute atomic E-state index is 0.0354. The van der Waals surface area contributed by atoms with Gasteiger partial charge in [-0.05, 0) is 91.8 Å². The van der Waals surface area contributed by atoms with Gasteiger partial charge in [0.1, 0.15) is 0 Å². The number of hydrogen-bond acceptors (Lipinski definition) is 6. The van der Waals surface area contributed by atoms with Gasteiger partial charge in [0.25, 0.3) is 17.1 Å². The van der Waals surface area contributed by atoms with Gasteiger partial charge in [-0.1, -0.05) is 6.07 Å². The summed E-state index contributed by atoms with van der Waals surface area (Å²) in [6.45, 7) is -0.0642. The van der Waals surface area contributed by atoms with E-state index < -0.39 is 5.91 Å². The lowest BCUT2D eigenvalue weighted by atomic mass is 9.53. The van der Waals surface area contributed by atoms with Crippen LogP contribution in [0.4, 0.5) is 4.79 Å². The molecule has 6 rings (SSSR count). The molecule has 0 atom stereocenters. The molecule has 5 aliphatic rings. The lowest BCUT2D eigenvalue weighted by molar-refractivity contribution is -0.128. The molecule has 3 amide bonds. The molecule has 4 bridgehead atoms. The van der Waals surface area contributed by atoms with Crippen LogP contribution < -0.4 is 20.1 Å². The maximum atomic E-state index is 12.7. The second-order valence-corrected chi connectivity index (χ2v) is 10.3. The monoisotopic (exact) mass is 442 g/mol. The predicted octanol–water partition coefficient (Wildman–Crippen LogP) is 3.48. The van der Waals surface area contributed by atoms with Gasteiger partial charge in [-0.25, -0.2) is 0 Å². The minimum atomic E-state index is -0.407. The molecule has 0 radical (unpaired) electrons. The zero-order valence-electron chi connectivity index (χ0n) is 17.4. The van der Waals surface area contributed by atoms with Gasteiger partial charge in [0.15, 0.2) is 18.1 Å². The molecular formula is C23H26N2O5S. The number of rotatable bonds is 6. The van der Waals surface area contributed by atoms with Crippen molar-refractivity contribution in [3.8, 4) is 11.5 Å². The van der Waals surface area contributed by atoms with Crippen molar-refractivity contribution < 1.29 is 23.9 Å². The number of nitrogens with one attached hydrogen (secondary N) is 2. The van der Waals surface area contributed by atoms with Crippen LogP contribution in [0.1, 0.15) is 44.1 Å². The van der Waals surface area contributed by atoms with Crippen molar-refractivity contribution in [2.45, 2.75) is 44.1 Å². The Labute approximate surface area is 185 Å². The molecule has 0 spiro atoms. The Balaban J connectivity index is 1.22. The van der Waals surface area contributed by atoms with E-state index in [-0.39, 0.29) is 23.3 Å². The lowest BCUT2D eigenvalue weighted by Crippen LogP contribution is -2.60. The molecule has 8 heteroatoms. The van der Waals surface area contributed by atoms with Crippen LogP contribution in [0.2, 0.25) is 0 Å². The van der Waals surface area contributed by atoms with Gasteiger partial charge < -0.3 is 14.8 Å². The van der Waals surface area contributed by atoms with Crippen LogP contribution in [0, 0.1) is 17.8 Å². The van der Waals surface area contributed by atoms with Crippen LogP contribution in [-0.4, -0.2) is 36.3 Å². The average molecular weight is 443 g/mol. The summed E-state index contributed by atoms with van der Waals surface area (Å²) in [6.07, 6.45) is 8.93. The summed E-state index contributed by atoms with van der Waals surface area (Å²) in [6, 6.07) is 5.19. The first-order valence-electron chi connectivity index (χ1n) is 10.8. The topological polar surface area (TPSA) is 93.7 Å². The quantitative estimate of drug-likeness (QED) is 0.655. The van der Waals surface area contributed by atoms with E-state index in [2.05, 4.69) is 10.6 Å². The number of ether oxygens (including phenoxy) is 2. The van der Waals surface area contributed by atoms with Crippen LogP contribution in [0.5, 0.6) is 11.5 Å². The Hall–Kier alpha value is -2.48. The number of thioether (sulfide) groups is 1. The highest BCUT2D eigenvalue weighted by Gasteiger charge is 2.51. The van der Waals surface area contributed by atoms with Gasteiger partial charge in [-0.3, -0.25) is 19.7 Å². The SMILES string of the molecule is COc1cc(/C=C2\SC(=O)NC2=O)ccc1OCC(=O)NC12CC3CC(CC(C3)C1)C2. The van der Waals surface area contributed by atoms with E-state index in [1.165, 1.54) is 26.4 Å². The van der Waals surface area contributed by atoms with Gasteiger partial charge in [0, 0.05) is 5.54 Å². The number of carbonyl (C=O) groups excluding carboxylic acids is 3. The molecular weight excluding hydrogens is 416 g/mol. The van der Waals surface area contributed by atoms with Crippen molar-refractivity contribution in [2.75, 3.05) is 13.7 Å². The summed E-state index contributed by atoms with van der Waals surface area (Å²) in [5.41, 5.74) is 0.668. The summed E-state index contributed by atoms with van der Waals surface area (Å²) in [5, 5.41) is 5.16. The number of carbonyl (C=O) groups is 3. The number of hydrogen-bond donors (Lipinski definition) is 2. The average Bonchev–Trinajstić information content (AvgIpc) is 3.02. The van der Waals surface area contributed by atoms with Crippen molar-refractivity contribution >= 4 is 34.9 Å². The Bertz CT molecular complexity index is 937. The Morgan fingerprint density at radius 3 is 2.42 bits per heavy atom. The van der Waals surface area contributed by atoms with Crippen LogP contribution in [0.3, 0.4) is 0 Å². The van der Waals surface area contributed by atoms with E-state index in [1.807, 2.05) is 0 Å². The number of methoxy groups -OCH3 is 1. The second kappa shape index (κ2) is 7.89. The fourth-order valence-electron chi connectivity index (χ4n) is 6.20. The van der Waals surface area contributed by atoms with Gasteiger partial charge in [0.2, 0.25) is 0 Å². The molecule has 2 N–H and O–H groups in total. The molecule has 164 valence electrons. The maximum Gasteiger partial charge on any atom is 0.290 e. The van der Waals surface area contributed by atoms with Crippen molar-refractivity contribution in [2.24, 2.45) is 17.8 Å². The number of imide groups is 1. The van der Waals surface area contributed by atoms with Crippen LogP contribution in [-0.2, 0) is 9.59 Å². The Morgan fingerprint density at radius 2 is 1.84 bits per heavy atom. The molecule has 0 aromatic heterocycles. The fraction of sp³-hybridized carbons (Fsp3) is 0.522. The third-order valence-electron chi connectivity index (χ3n) is 6.93. The molecule has 5 fully saturated rings. The molecule has 0 unspecified atom stereocenters. The van der Waals surface area contributed by atoms with Crippen molar-refractivity contribution in [1.82, 2.24) is 10.6 Å². The third kappa shape index (κ3) is 4.18. The highest BCUT2D eigenvalue weighted by atomic mass is 32.2. The molecule has 1 aliphatic heterocycles. The maximum absolute atomic E-state index is 12.7. The molecule has 1 saturated heterocycles. The first-order valence-corrected chi connectivity index (χ1v) is 11.6. The fourth-order valence-corrected chi connectivity index (χ4v) is 6.89. The van der Waals surface area contributed by atoms with E-state index in [1.54, 1.807) is 24.3 Å². The van der Waals surface area contributed by atoms with Crippen LogP contribution in [0.25, 0.3) is 6.08 Å². The molecule has 7 nitrogen and oxygen atoms in total. The molecule has 4 aliphatic carbocycles. The molecule has 31 heavy (non-hydrogen) atoms. The van der Waals surface area contributed by atoms with E-state index in [0.717, 1.165) is 48.8 Å². The zero-order valence-corrected chi connectivity index (χ0v) is 18.3. The summed E-state index contributed by atoms with van der Waals surface area (Å²) < 4.78 is 11.2. The van der Waals surface area contributed by atoms with Crippen LogP contribution >= 0.6 is 11.8 Å². The third-order valence-corrected chi connectivity index (χ3v) is 7.74. The van der Waals surface area contributed by atoms with Crippen molar-refractivity contribution in [3.63, 3.8) is 0 Å². The summed E-state index contributed by atoms with van der Waals surface area (Å²) >= 11 is 0.863. The molecule has 1 aromatic rings. The first-order chi connectivity index (χ1) is 14.9. The van der Waals surface area contributed by atoms with Gasteiger partial charge in [0.05, 0.1) is 12.0 Å². The van der Waals surface area contributed by atoms with E-state index in [0.29, 0.717) is 22.0 Å². The van der Waals surface area contributed by atoms with Gasteiger partial charge in [-0.2, -0.15) is 0 Å². The van der Waals surface area contributed by atoms with Gasteiger partial charge in [-0.15, -0.1) is 0 Å². The van der Waals surface area contributed by atoms with E-state index in [4.69, 9.17) is 9.47 Å². The number of amides is 3. The molecule has 1 aromatic carbocycles. The van der Waals surface area contributed by atoms with Crippen molar-refractivity contribution in [1.29, 1.82) is 0 Å². The lowest BCUT2D eigenvalue weighted by Gasteiger charge is -2.56. The van der Waals surface area contributed by atoms with E-state index in [9.17, 15) is 14.4 Å². The Kier molecular flexibility index (Phi) is 5.20. The first kappa shape index (κ1) is 20.4. The summed E-state index contributed by atoms with van der Waals surface area (Å²) in [5.74, 6) is 2.74. The highest BCUT2D eigenvalue weighted by molar-refractivity contribution is 8.18. The molecule has 4 saturated carbocycles. The van der Waals surface area contributed by atoms with Crippen molar-refractivity contribution in [3.05, 3.63) is 28.7 Å². The number of benzene rings is 1. The zero-order chi connectivity index (χ0) is 21.6. The second-order valence-electron chi connectivity index (χ2n) is 9.30. The summed E-state index contributed by atoms with van der Waals surface area (Å²) in [7, 11) is 1.52. The normalized spacial score (nSPS) is 32.3. The van der Waals surface area contributed by atoms with Gasteiger partial charge >= 0.3 is 0 Å². The largest absolute Gasteiger partial charge is 0.493 e. The van der Waals surface area contributed by atoms with Crippen LogP contribution in [0.15, 0.2) is 23.1 Å². The van der Waals surface area contributed by atoms with E-state index >= 15 is 0 Å². The minimum Gasteiger partial charge on any atom is -0.493 e. The highest BCUT2D eigenvalue weighted by Crippen LogP contribution is 2.55. The Morgan fingerprint density at radius 1 is 1.16 bits per heavy atom. The standard InChI is InChI=1S/C23H26N2O5S/c1-29-18-7-13(8-19-21(27)24-22(28)31-19)2-3-17(18)30-12-20(26)25-23-9-14-4-15(10-23)6-16(5-14)11-23/h2-3,7-8,14-16H,4-6,9-12H2,1H3,(H,25,26)(H,24,27,28)/b19-8-. The summed E-state index contributed by atoms with van der Waals surface area (Å²) in [4.78, 5) is 36.1.